The minimum atomic E-state index is -0.944. The van der Waals surface area contributed by atoms with Gasteiger partial charge in [-0.1, -0.05) is 0 Å². The quantitative estimate of drug-likeness (QED) is 0.889. The van der Waals surface area contributed by atoms with Crippen LogP contribution in [0.2, 0.25) is 0 Å². The van der Waals surface area contributed by atoms with Crippen LogP contribution in [0.5, 0.6) is 0 Å². The van der Waals surface area contributed by atoms with Gasteiger partial charge in [-0.25, -0.2) is 4.98 Å². The monoisotopic (exact) mass is 350 g/mol. The van der Waals surface area contributed by atoms with Crippen LogP contribution in [0.25, 0.3) is 10.6 Å². The van der Waals surface area contributed by atoms with E-state index in [1.165, 1.54) is 11.3 Å². The van der Waals surface area contributed by atoms with E-state index in [-0.39, 0.29) is 18.9 Å². The zero-order chi connectivity index (χ0) is 17.3. The van der Waals surface area contributed by atoms with Crippen LogP contribution in [0.1, 0.15) is 21.8 Å². The Labute approximate surface area is 142 Å². The second kappa shape index (κ2) is 6.70. The smallest absolute Gasteiger partial charge is 0.305 e. The van der Waals surface area contributed by atoms with Gasteiger partial charge in [0.05, 0.1) is 37.6 Å². The second-order valence-electron chi connectivity index (χ2n) is 5.66. The molecule has 1 unspecified atom stereocenters. The number of aryl methyl sites for hydroxylation is 2. The van der Waals surface area contributed by atoms with Crippen LogP contribution in [0.3, 0.4) is 0 Å². The first-order valence-electron chi connectivity index (χ1n) is 7.52. The molecule has 1 fully saturated rings. The fourth-order valence-electron chi connectivity index (χ4n) is 2.67. The summed E-state index contributed by atoms with van der Waals surface area (Å²) in [5.41, 5.74) is 1.50. The molecule has 1 saturated heterocycles. The average Bonchev–Trinajstić information content (AvgIpc) is 3.12. The van der Waals surface area contributed by atoms with Gasteiger partial charge in [-0.05, 0) is 6.92 Å². The first kappa shape index (κ1) is 16.6. The average molecular weight is 350 g/mol. The van der Waals surface area contributed by atoms with Gasteiger partial charge in [0.25, 0.3) is 5.91 Å². The lowest BCUT2D eigenvalue weighted by molar-refractivity contribution is -0.139. The van der Waals surface area contributed by atoms with Gasteiger partial charge in [0.2, 0.25) is 0 Å². The van der Waals surface area contributed by atoms with Gasteiger partial charge in [-0.2, -0.15) is 5.10 Å². The lowest BCUT2D eigenvalue weighted by Gasteiger charge is -2.34. The van der Waals surface area contributed by atoms with Crippen LogP contribution < -0.4 is 0 Å². The van der Waals surface area contributed by atoms with Crippen molar-refractivity contribution < 1.29 is 19.4 Å². The number of thiazole rings is 1. The lowest BCUT2D eigenvalue weighted by atomic mass is 10.1. The Hall–Kier alpha value is -2.26. The topological polar surface area (TPSA) is 97.5 Å². The highest BCUT2D eigenvalue weighted by molar-refractivity contribution is 7.17. The van der Waals surface area contributed by atoms with Crippen LogP contribution in [0.4, 0.5) is 0 Å². The first-order chi connectivity index (χ1) is 11.5. The van der Waals surface area contributed by atoms with Gasteiger partial charge in [0.1, 0.15) is 9.88 Å². The van der Waals surface area contributed by atoms with Crippen LogP contribution in [0.15, 0.2) is 12.4 Å². The van der Waals surface area contributed by atoms with Crippen molar-refractivity contribution in [2.24, 2.45) is 7.05 Å². The van der Waals surface area contributed by atoms with E-state index in [1.807, 2.05) is 13.2 Å². The second-order valence-corrected chi connectivity index (χ2v) is 6.66. The normalized spacial score (nSPS) is 17.9. The number of nitrogens with zero attached hydrogens (tertiary/aromatic N) is 4. The molecule has 0 aliphatic carbocycles. The first-order valence-corrected chi connectivity index (χ1v) is 8.34. The number of aromatic nitrogens is 3. The zero-order valence-electron chi connectivity index (χ0n) is 13.4. The Bertz CT molecular complexity index is 769. The van der Waals surface area contributed by atoms with E-state index >= 15 is 0 Å². The van der Waals surface area contributed by atoms with Gasteiger partial charge >= 0.3 is 5.97 Å². The molecular weight excluding hydrogens is 332 g/mol. The predicted octanol–water partition coefficient (Wildman–Crippen LogP) is 1.17. The summed E-state index contributed by atoms with van der Waals surface area (Å²) in [5, 5.41) is 13.9. The molecule has 1 amide bonds. The Morgan fingerprint density at radius 2 is 2.29 bits per heavy atom. The Morgan fingerprint density at radius 1 is 1.50 bits per heavy atom. The minimum absolute atomic E-state index is 0.126. The SMILES string of the molecule is Cc1nc(-c2cnn(C)c2)sc1C(=O)N1CCOCC1CC(=O)O. The summed E-state index contributed by atoms with van der Waals surface area (Å²) in [6, 6.07) is -0.452. The van der Waals surface area contributed by atoms with E-state index in [0.717, 1.165) is 10.6 Å². The Balaban J connectivity index is 1.86. The highest BCUT2D eigenvalue weighted by atomic mass is 32.1. The van der Waals surface area contributed by atoms with Gasteiger partial charge < -0.3 is 14.7 Å². The van der Waals surface area contributed by atoms with Crippen molar-refractivity contribution in [2.45, 2.75) is 19.4 Å². The third-order valence-corrected chi connectivity index (χ3v) is 5.04. The summed E-state index contributed by atoms with van der Waals surface area (Å²) in [7, 11) is 1.82. The number of ether oxygens (including phenoxy) is 1. The number of carboxylic acids is 1. The highest BCUT2D eigenvalue weighted by Crippen LogP contribution is 2.29. The summed E-state index contributed by atoms with van der Waals surface area (Å²) >= 11 is 1.30. The largest absolute Gasteiger partial charge is 0.481 e. The number of hydrogen-bond acceptors (Lipinski definition) is 6. The highest BCUT2D eigenvalue weighted by Gasteiger charge is 2.32. The van der Waals surface area contributed by atoms with Crippen molar-refractivity contribution >= 4 is 23.2 Å². The molecule has 24 heavy (non-hydrogen) atoms. The maximum atomic E-state index is 12.9. The van der Waals surface area contributed by atoms with Gasteiger partial charge in [0.15, 0.2) is 0 Å². The maximum Gasteiger partial charge on any atom is 0.305 e. The van der Waals surface area contributed by atoms with Crippen molar-refractivity contribution in [1.82, 2.24) is 19.7 Å². The molecule has 9 heteroatoms. The van der Waals surface area contributed by atoms with Crippen LogP contribution in [-0.2, 0) is 16.6 Å². The van der Waals surface area contributed by atoms with E-state index in [2.05, 4.69) is 10.1 Å². The molecule has 2 aromatic heterocycles. The molecule has 2 aromatic rings. The van der Waals surface area contributed by atoms with Crippen LogP contribution >= 0.6 is 11.3 Å². The molecule has 3 heterocycles. The minimum Gasteiger partial charge on any atom is -0.481 e. The predicted molar refractivity (Wildman–Crippen MR) is 86.9 cm³/mol. The van der Waals surface area contributed by atoms with Crippen molar-refractivity contribution in [2.75, 3.05) is 19.8 Å². The lowest BCUT2D eigenvalue weighted by Crippen LogP contribution is -2.49. The van der Waals surface area contributed by atoms with Crippen molar-refractivity contribution in [3.8, 4) is 10.6 Å². The van der Waals surface area contributed by atoms with E-state index in [1.54, 1.807) is 22.7 Å². The summed E-state index contributed by atoms with van der Waals surface area (Å²) in [4.78, 5) is 30.5. The fraction of sp³-hybridized carbons (Fsp3) is 0.467. The molecule has 1 aliphatic heterocycles. The molecule has 128 valence electrons. The number of carbonyl (C=O) groups excluding carboxylic acids is 1. The molecule has 8 nitrogen and oxygen atoms in total. The van der Waals surface area contributed by atoms with E-state index in [4.69, 9.17) is 9.84 Å². The molecule has 1 atom stereocenters. The maximum absolute atomic E-state index is 12.9. The molecule has 0 aromatic carbocycles. The van der Waals surface area contributed by atoms with E-state index < -0.39 is 12.0 Å². The molecule has 3 rings (SSSR count). The van der Waals surface area contributed by atoms with E-state index in [0.29, 0.717) is 23.7 Å². The standard InChI is InChI=1S/C15H18N4O4S/c1-9-13(24-14(17-9)10-6-16-18(2)7-10)15(22)19-3-4-23-8-11(19)5-12(20)21/h6-7,11H,3-5,8H2,1-2H3,(H,20,21). The zero-order valence-corrected chi connectivity index (χ0v) is 14.2. The number of hydrogen-bond donors (Lipinski definition) is 1. The summed E-state index contributed by atoms with van der Waals surface area (Å²) in [5.74, 6) is -1.13. The molecular formula is C15H18N4O4S. The molecule has 0 bridgehead atoms. The van der Waals surface area contributed by atoms with Crippen molar-refractivity contribution in [1.29, 1.82) is 0 Å². The van der Waals surface area contributed by atoms with Crippen molar-refractivity contribution in [3.05, 3.63) is 23.0 Å². The number of rotatable bonds is 4. The van der Waals surface area contributed by atoms with Gasteiger partial charge in [0, 0.05) is 25.4 Å². The fourth-order valence-corrected chi connectivity index (χ4v) is 3.67. The third-order valence-electron chi connectivity index (χ3n) is 3.84. The molecule has 1 aliphatic rings. The number of carboxylic acid groups (broad SMARTS) is 1. The van der Waals surface area contributed by atoms with E-state index in [9.17, 15) is 9.59 Å². The van der Waals surface area contributed by atoms with Crippen LogP contribution in [0, 0.1) is 6.92 Å². The molecule has 0 spiro atoms. The molecule has 0 saturated carbocycles. The molecule has 0 radical (unpaired) electrons. The summed E-state index contributed by atoms with van der Waals surface area (Å²) in [6.45, 7) is 2.83. The number of aliphatic carboxylic acids is 1. The summed E-state index contributed by atoms with van der Waals surface area (Å²) in [6.07, 6.45) is 3.42. The Morgan fingerprint density at radius 3 is 2.96 bits per heavy atom. The third kappa shape index (κ3) is 3.31. The number of amides is 1. The summed E-state index contributed by atoms with van der Waals surface area (Å²) < 4.78 is 7.01. The van der Waals surface area contributed by atoms with Crippen molar-refractivity contribution in [3.63, 3.8) is 0 Å². The van der Waals surface area contributed by atoms with Gasteiger partial charge in [-0.15, -0.1) is 11.3 Å². The molecule has 1 N–H and O–H groups in total. The van der Waals surface area contributed by atoms with Crippen LogP contribution in [-0.4, -0.2) is 62.4 Å². The number of morpholine rings is 1. The Kier molecular flexibility index (Phi) is 4.63. The van der Waals surface area contributed by atoms with Gasteiger partial charge in [-0.3, -0.25) is 14.3 Å². The number of carbonyl (C=O) groups is 2.